The summed E-state index contributed by atoms with van der Waals surface area (Å²) in [7, 11) is 3.75. The van der Waals surface area contributed by atoms with Crippen LogP contribution in [0.3, 0.4) is 0 Å². The highest BCUT2D eigenvalue weighted by atomic mass is 16.8. The van der Waals surface area contributed by atoms with E-state index in [2.05, 4.69) is 51.7 Å². The molecule has 2 heterocycles. The number of H-pyrrole nitrogens is 1. The lowest BCUT2D eigenvalue weighted by Crippen LogP contribution is -2.43. The zero-order chi connectivity index (χ0) is 38.7. The highest BCUT2D eigenvalue weighted by Gasteiger charge is 2.25. The molecule has 0 bridgehead atoms. The number of hydrogen-bond acceptors (Lipinski definition) is 12. The van der Waals surface area contributed by atoms with Crippen molar-refractivity contribution in [3.8, 4) is 28.5 Å². The van der Waals surface area contributed by atoms with E-state index in [1.54, 1.807) is 23.0 Å². The molecular formula is C38H48N9O7+. The first-order valence-corrected chi connectivity index (χ1v) is 17.9. The Morgan fingerprint density at radius 1 is 0.963 bits per heavy atom. The average molecular weight is 743 g/mol. The van der Waals surface area contributed by atoms with Gasteiger partial charge in [-0.15, -0.1) is 5.10 Å². The standard InChI is InChI=1S/C38H48N9O7/c1-8-50-36-39-32-18-14-17-31(35(48)53-26(2)54-37(49)51-23-12-9-13-24-52-44-46(7)45(6)38(3,4)5)33(32)47(36)25-27-19-21-28(22-20-27)29-15-10-11-16-30(29)34-40-42-43-41-34/h10-11,14-22,26H,8-9,12-13,23-25H2,1-7H3,(H,40,41,42,43)/q+1/b46-44+. The van der Waals surface area contributed by atoms with E-state index in [0.29, 0.717) is 49.0 Å². The van der Waals surface area contributed by atoms with Crippen LogP contribution in [-0.4, -0.2) is 97.9 Å². The van der Waals surface area contributed by atoms with E-state index in [9.17, 15) is 9.59 Å². The van der Waals surface area contributed by atoms with E-state index >= 15 is 0 Å². The minimum atomic E-state index is -1.20. The fraction of sp³-hybridized carbons (Fsp3) is 0.421. The molecule has 0 spiro atoms. The molecule has 16 nitrogen and oxygen atoms in total. The van der Waals surface area contributed by atoms with E-state index in [1.165, 1.54) is 6.92 Å². The summed E-state index contributed by atoms with van der Waals surface area (Å²) in [4.78, 5) is 37.5. The van der Waals surface area contributed by atoms with Crippen molar-refractivity contribution in [1.82, 2.24) is 35.2 Å². The highest BCUT2D eigenvalue weighted by Crippen LogP contribution is 2.31. The highest BCUT2D eigenvalue weighted by molar-refractivity contribution is 6.02. The number of carbonyl (C=O) groups is 2. The van der Waals surface area contributed by atoms with Gasteiger partial charge in [-0.2, -0.15) is 9.99 Å². The third-order valence-electron chi connectivity index (χ3n) is 8.57. The fourth-order valence-electron chi connectivity index (χ4n) is 5.52. The first-order valence-electron chi connectivity index (χ1n) is 17.9. The molecular weight excluding hydrogens is 694 g/mol. The van der Waals surface area contributed by atoms with Gasteiger partial charge in [0.15, 0.2) is 12.9 Å². The molecule has 54 heavy (non-hydrogen) atoms. The van der Waals surface area contributed by atoms with Crippen molar-refractivity contribution < 1.29 is 38.2 Å². The number of aromatic nitrogens is 6. The van der Waals surface area contributed by atoms with Gasteiger partial charge in [-0.1, -0.05) is 54.6 Å². The second kappa shape index (κ2) is 18.1. The number of fused-ring (bicyclic) bond motifs is 1. The Balaban J connectivity index is 1.17. The average Bonchev–Trinajstić information content (AvgIpc) is 3.81. The first kappa shape index (κ1) is 39.2. The predicted octanol–water partition coefficient (Wildman–Crippen LogP) is 6.83. The van der Waals surface area contributed by atoms with Crippen LogP contribution in [0.25, 0.3) is 33.5 Å². The van der Waals surface area contributed by atoms with Gasteiger partial charge in [0.25, 0.3) is 6.01 Å². The van der Waals surface area contributed by atoms with Gasteiger partial charge in [-0.3, -0.25) is 4.57 Å². The maximum Gasteiger partial charge on any atom is 0.511 e. The largest absolute Gasteiger partial charge is 0.511 e. The van der Waals surface area contributed by atoms with E-state index in [-0.39, 0.29) is 17.7 Å². The number of tetrazole rings is 1. The van der Waals surface area contributed by atoms with Gasteiger partial charge in [0.2, 0.25) is 11.6 Å². The lowest BCUT2D eigenvalue weighted by molar-refractivity contribution is -0.747. The molecule has 3 aromatic carbocycles. The van der Waals surface area contributed by atoms with Crippen LogP contribution < -0.4 is 4.74 Å². The Labute approximate surface area is 313 Å². The second-order valence-corrected chi connectivity index (χ2v) is 13.4. The Hall–Kier alpha value is -6.06. The summed E-state index contributed by atoms with van der Waals surface area (Å²) in [6.07, 6.45) is -0.0378. The van der Waals surface area contributed by atoms with Crippen LogP contribution in [0.1, 0.15) is 69.8 Å². The molecule has 2 aromatic heterocycles. The van der Waals surface area contributed by atoms with Crippen LogP contribution in [0.2, 0.25) is 0 Å². The van der Waals surface area contributed by atoms with Crippen LogP contribution >= 0.6 is 0 Å². The number of hydrogen-bond donors (Lipinski definition) is 1. The van der Waals surface area contributed by atoms with Gasteiger partial charge in [0.1, 0.15) is 6.61 Å². The summed E-state index contributed by atoms with van der Waals surface area (Å²) in [5.41, 5.74) is 5.00. The summed E-state index contributed by atoms with van der Waals surface area (Å²) in [6.45, 7) is 10.9. The number of benzene rings is 3. The van der Waals surface area contributed by atoms with E-state index in [1.807, 2.05) is 79.1 Å². The number of esters is 1. The number of carbonyl (C=O) groups excluding carboxylic acids is 2. The quantitative estimate of drug-likeness (QED) is 0.0263. The maximum atomic E-state index is 13.5. The fourth-order valence-corrected chi connectivity index (χ4v) is 5.52. The van der Waals surface area contributed by atoms with Crippen molar-refractivity contribution in [2.75, 3.05) is 33.9 Å². The Kier molecular flexibility index (Phi) is 13.1. The molecule has 1 unspecified atom stereocenters. The molecule has 5 aromatic rings. The summed E-state index contributed by atoms with van der Waals surface area (Å²) >= 11 is 0. The Morgan fingerprint density at radius 2 is 1.70 bits per heavy atom. The lowest BCUT2D eigenvalue weighted by Gasteiger charge is -2.25. The number of aromatic amines is 1. The molecule has 0 saturated heterocycles. The SMILES string of the molecule is CCOc1nc2cccc(C(=O)OC(C)OC(=O)OCCCCCO/N=[N+](\C)N(C)C(C)(C)C)c2n1Cc1ccc(-c2ccccc2-c2nnn[nH]2)cc1. The summed E-state index contributed by atoms with van der Waals surface area (Å²) in [6, 6.07) is 21.4. The number of para-hydroxylation sites is 1. The van der Waals surface area contributed by atoms with Crippen molar-refractivity contribution in [1.29, 1.82) is 0 Å². The molecule has 0 aliphatic carbocycles. The molecule has 1 atom stereocenters. The Bertz CT molecular complexity index is 2020. The molecule has 0 aliphatic heterocycles. The van der Waals surface area contributed by atoms with Gasteiger partial charge in [0, 0.05) is 17.3 Å². The van der Waals surface area contributed by atoms with Crippen LogP contribution in [0.5, 0.6) is 6.01 Å². The molecule has 16 heteroatoms. The monoisotopic (exact) mass is 742 g/mol. The molecule has 5 rings (SSSR count). The smallest absolute Gasteiger partial charge is 0.465 e. The minimum absolute atomic E-state index is 0.0854. The molecule has 0 radical (unpaired) electrons. The van der Waals surface area contributed by atoms with Gasteiger partial charge in [0.05, 0.1) is 48.9 Å². The number of rotatable bonds is 17. The number of nitrogens with one attached hydrogen (secondary N) is 1. The molecule has 286 valence electrons. The normalized spacial score (nSPS) is 12.3. The zero-order valence-corrected chi connectivity index (χ0v) is 31.8. The van der Waals surface area contributed by atoms with E-state index in [0.717, 1.165) is 35.1 Å². The number of ether oxygens (including phenoxy) is 4. The van der Waals surface area contributed by atoms with E-state index in [4.69, 9.17) is 23.8 Å². The van der Waals surface area contributed by atoms with Crippen LogP contribution in [0.15, 0.2) is 72.0 Å². The van der Waals surface area contributed by atoms with Crippen molar-refractivity contribution in [2.45, 2.75) is 72.3 Å². The molecule has 0 amide bonds. The van der Waals surface area contributed by atoms with E-state index < -0.39 is 18.4 Å². The van der Waals surface area contributed by atoms with Crippen molar-refractivity contribution >= 4 is 23.2 Å². The summed E-state index contributed by atoms with van der Waals surface area (Å²) < 4.78 is 23.7. The number of hydrazine groups is 1. The maximum absolute atomic E-state index is 13.5. The van der Waals surface area contributed by atoms with Gasteiger partial charge in [-0.25, -0.2) is 14.7 Å². The lowest BCUT2D eigenvalue weighted by atomic mass is 9.98. The molecule has 1 N–H and O–H groups in total. The van der Waals surface area contributed by atoms with Crippen LogP contribution in [-0.2, 0) is 25.6 Å². The van der Waals surface area contributed by atoms with Crippen LogP contribution in [0.4, 0.5) is 4.79 Å². The topological polar surface area (TPSA) is 171 Å². The molecule has 0 aliphatic rings. The minimum Gasteiger partial charge on any atom is -0.465 e. The summed E-state index contributed by atoms with van der Waals surface area (Å²) in [5.74, 6) is -0.116. The van der Waals surface area contributed by atoms with Gasteiger partial charge < -0.3 is 23.8 Å². The van der Waals surface area contributed by atoms with Crippen molar-refractivity contribution in [2.24, 2.45) is 5.28 Å². The molecule has 0 saturated carbocycles. The zero-order valence-electron chi connectivity index (χ0n) is 31.8. The van der Waals surface area contributed by atoms with Gasteiger partial charge in [-0.05, 0) is 86.2 Å². The third kappa shape index (κ3) is 10.1. The Morgan fingerprint density at radius 3 is 2.41 bits per heavy atom. The predicted molar refractivity (Wildman–Crippen MR) is 198 cm³/mol. The van der Waals surface area contributed by atoms with Gasteiger partial charge >= 0.3 is 12.1 Å². The summed E-state index contributed by atoms with van der Waals surface area (Å²) in [5, 5.41) is 20.4. The number of nitrogens with zero attached hydrogens (tertiary/aromatic N) is 8. The van der Waals surface area contributed by atoms with Crippen molar-refractivity contribution in [3.63, 3.8) is 0 Å². The second-order valence-electron chi connectivity index (χ2n) is 13.4. The van der Waals surface area contributed by atoms with Crippen LogP contribution in [0, 0.1) is 0 Å². The number of imidazole rings is 1. The third-order valence-corrected chi connectivity index (χ3v) is 8.57. The van der Waals surface area contributed by atoms with Crippen molar-refractivity contribution in [3.05, 3.63) is 77.9 Å². The molecule has 0 fully saturated rings. The number of unbranched alkanes of at least 4 members (excludes halogenated alkanes) is 2. The first-order chi connectivity index (χ1) is 26.0.